The summed E-state index contributed by atoms with van der Waals surface area (Å²) in [5.74, 6) is 4.03. The van der Waals surface area contributed by atoms with E-state index < -0.39 is 22.4 Å². The van der Waals surface area contributed by atoms with Crippen molar-refractivity contribution in [1.29, 1.82) is 0 Å². The van der Waals surface area contributed by atoms with Gasteiger partial charge in [-0.2, -0.15) is 21.6 Å². The van der Waals surface area contributed by atoms with Gasteiger partial charge in [-0.1, -0.05) is 19.3 Å². The number of hydrogen-bond donors (Lipinski definition) is 0. The van der Waals surface area contributed by atoms with E-state index in [9.17, 15) is 21.6 Å². The minimum absolute atomic E-state index is 0.288. The second kappa shape index (κ2) is 6.11. The molecule has 0 aromatic heterocycles. The second-order valence-electron chi connectivity index (χ2n) is 3.15. The van der Waals surface area contributed by atoms with Gasteiger partial charge in [-0.25, -0.2) is 4.18 Å². The van der Waals surface area contributed by atoms with Crippen LogP contribution in [0.1, 0.15) is 26.2 Å². The minimum Gasteiger partial charge on any atom is -0.244 e. The number of hydrogen-bond acceptors (Lipinski definition) is 3. The molecule has 0 aliphatic carbocycles. The first-order valence-electron chi connectivity index (χ1n) is 4.60. The molecule has 0 aliphatic heterocycles. The van der Waals surface area contributed by atoms with Crippen molar-refractivity contribution >= 4 is 10.1 Å². The molecule has 0 rings (SSSR count). The normalized spacial score (nSPS) is 14.1. The van der Waals surface area contributed by atoms with Crippen LogP contribution >= 0.6 is 0 Å². The van der Waals surface area contributed by atoms with E-state index in [0.717, 1.165) is 6.42 Å². The van der Waals surface area contributed by atoms with E-state index in [1.807, 2.05) is 6.92 Å². The Morgan fingerprint density at radius 2 is 1.94 bits per heavy atom. The van der Waals surface area contributed by atoms with Gasteiger partial charge in [0.15, 0.2) is 0 Å². The van der Waals surface area contributed by atoms with E-state index in [1.165, 1.54) is 0 Å². The molecule has 0 aromatic rings. The predicted octanol–water partition coefficient (Wildman–Crippen LogP) is 2.09. The fourth-order valence-electron chi connectivity index (χ4n) is 0.765. The monoisotopic (exact) mass is 258 g/mol. The van der Waals surface area contributed by atoms with Crippen LogP contribution in [0, 0.1) is 11.8 Å². The first-order valence-corrected chi connectivity index (χ1v) is 6.42. The zero-order valence-electron chi connectivity index (χ0n) is 8.97. The van der Waals surface area contributed by atoms with Gasteiger partial charge in [0.1, 0.15) is 0 Å². The van der Waals surface area contributed by atoms with Crippen LogP contribution in [0.4, 0.5) is 13.2 Å². The first kappa shape index (κ1) is 15.3. The molecule has 0 bridgehead atoms. The fraction of sp³-hybridized carbons (Fsp3) is 0.778. The second-order valence-corrected chi connectivity index (χ2v) is 4.75. The van der Waals surface area contributed by atoms with Gasteiger partial charge in [-0.05, 0) is 6.42 Å². The van der Waals surface area contributed by atoms with Crippen LogP contribution in [0.15, 0.2) is 0 Å². The SMILES string of the molecule is CCCCC#CC(OS(C)(=O)=O)C(F)(F)F. The van der Waals surface area contributed by atoms with Crippen molar-refractivity contribution in [2.75, 3.05) is 6.26 Å². The van der Waals surface area contributed by atoms with Crippen LogP contribution < -0.4 is 0 Å². The summed E-state index contributed by atoms with van der Waals surface area (Å²) in [5, 5.41) is 0. The average Bonchev–Trinajstić information content (AvgIpc) is 2.06. The van der Waals surface area contributed by atoms with Crippen molar-refractivity contribution < 1.29 is 25.8 Å². The Hall–Kier alpha value is -0.740. The van der Waals surface area contributed by atoms with E-state index in [1.54, 1.807) is 5.92 Å². The molecule has 0 amide bonds. The number of alkyl halides is 3. The third-order valence-corrected chi connectivity index (χ3v) is 2.00. The Balaban J connectivity index is 4.62. The third-order valence-electron chi connectivity index (χ3n) is 1.46. The van der Waals surface area contributed by atoms with Crippen molar-refractivity contribution in [2.24, 2.45) is 0 Å². The molecule has 0 fully saturated rings. The molecular formula is C9H13F3O3S. The Kier molecular flexibility index (Phi) is 5.83. The van der Waals surface area contributed by atoms with Crippen LogP contribution in [-0.4, -0.2) is 27.0 Å². The lowest BCUT2D eigenvalue weighted by Gasteiger charge is -2.13. The molecule has 16 heavy (non-hydrogen) atoms. The molecule has 0 aromatic carbocycles. The summed E-state index contributed by atoms with van der Waals surface area (Å²) in [7, 11) is -4.17. The lowest BCUT2D eigenvalue weighted by molar-refractivity contribution is -0.175. The van der Waals surface area contributed by atoms with Crippen LogP contribution in [-0.2, 0) is 14.3 Å². The molecule has 3 nitrogen and oxygen atoms in total. The summed E-state index contributed by atoms with van der Waals surface area (Å²) in [6.45, 7) is 1.87. The molecular weight excluding hydrogens is 245 g/mol. The lowest BCUT2D eigenvalue weighted by atomic mass is 10.2. The first-order chi connectivity index (χ1) is 7.17. The Morgan fingerprint density at radius 1 is 1.38 bits per heavy atom. The van der Waals surface area contributed by atoms with Gasteiger partial charge < -0.3 is 0 Å². The summed E-state index contributed by atoms with van der Waals surface area (Å²) in [4.78, 5) is 0. The summed E-state index contributed by atoms with van der Waals surface area (Å²) >= 11 is 0. The largest absolute Gasteiger partial charge is 0.427 e. The summed E-state index contributed by atoms with van der Waals surface area (Å²) in [5.41, 5.74) is 0. The Bertz CT molecular complexity index is 362. The maximum Gasteiger partial charge on any atom is 0.427 e. The average molecular weight is 258 g/mol. The molecule has 0 heterocycles. The maximum absolute atomic E-state index is 12.3. The van der Waals surface area contributed by atoms with Gasteiger partial charge in [0, 0.05) is 6.42 Å². The molecule has 0 saturated carbocycles. The number of unbranched alkanes of at least 4 members (excludes halogenated alkanes) is 2. The van der Waals surface area contributed by atoms with Crippen molar-refractivity contribution in [3.63, 3.8) is 0 Å². The van der Waals surface area contributed by atoms with E-state index in [2.05, 4.69) is 10.1 Å². The van der Waals surface area contributed by atoms with Crippen molar-refractivity contribution in [2.45, 2.75) is 38.5 Å². The van der Waals surface area contributed by atoms with Gasteiger partial charge in [-0.15, -0.1) is 5.92 Å². The number of rotatable bonds is 4. The molecule has 0 spiro atoms. The minimum atomic E-state index is -4.80. The van der Waals surface area contributed by atoms with E-state index in [4.69, 9.17) is 0 Å². The third kappa shape index (κ3) is 7.54. The molecule has 0 N–H and O–H groups in total. The topological polar surface area (TPSA) is 43.4 Å². The van der Waals surface area contributed by atoms with Crippen LogP contribution in [0.5, 0.6) is 0 Å². The van der Waals surface area contributed by atoms with E-state index in [0.29, 0.717) is 12.7 Å². The summed E-state index contributed by atoms with van der Waals surface area (Å²) in [6, 6.07) is 0. The molecule has 0 saturated heterocycles. The molecule has 7 heteroatoms. The highest BCUT2D eigenvalue weighted by Crippen LogP contribution is 2.23. The highest BCUT2D eigenvalue weighted by Gasteiger charge is 2.42. The van der Waals surface area contributed by atoms with Gasteiger partial charge >= 0.3 is 6.18 Å². The molecule has 1 unspecified atom stereocenters. The van der Waals surface area contributed by atoms with Crippen LogP contribution in [0.2, 0.25) is 0 Å². The van der Waals surface area contributed by atoms with Gasteiger partial charge in [0.05, 0.1) is 6.26 Å². The fourth-order valence-corrected chi connectivity index (χ4v) is 1.27. The Morgan fingerprint density at radius 3 is 2.31 bits per heavy atom. The van der Waals surface area contributed by atoms with Gasteiger partial charge in [0.25, 0.3) is 10.1 Å². The van der Waals surface area contributed by atoms with Gasteiger partial charge in [-0.3, -0.25) is 0 Å². The van der Waals surface area contributed by atoms with Crippen molar-refractivity contribution in [3.05, 3.63) is 0 Å². The smallest absolute Gasteiger partial charge is 0.244 e. The zero-order valence-corrected chi connectivity index (χ0v) is 9.78. The lowest BCUT2D eigenvalue weighted by Crippen LogP contribution is -2.32. The highest BCUT2D eigenvalue weighted by molar-refractivity contribution is 7.86. The van der Waals surface area contributed by atoms with Crippen molar-refractivity contribution in [1.82, 2.24) is 0 Å². The zero-order chi connectivity index (χ0) is 12.8. The predicted molar refractivity (Wildman–Crippen MR) is 53.1 cm³/mol. The van der Waals surface area contributed by atoms with Crippen LogP contribution in [0.3, 0.4) is 0 Å². The highest BCUT2D eigenvalue weighted by atomic mass is 32.2. The molecule has 94 valence electrons. The van der Waals surface area contributed by atoms with E-state index in [-0.39, 0.29) is 6.42 Å². The molecule has 0 aliphatic rings. The maximum atomic E-state index is 12.3. The van der Waals surface area contributed by atoms with Crippen LogP contribution in [0.25, 0.3) is 0 Å². The number of halogens is 3. The van der Waals surface area contributed by atoms with Gasteiger partial charge in [0.2, 0.25) is 6.10 Å². The Labute approximate surface area is 93.1 Å². The molecule has 1 atom stereocenters. The van der Waals surface area contributed by atoms with Crippen molar-refractivity contribution in [3.8, 4) is 11.8 Å². The van der Waals surface area contributed by atoms with E-state index >= 15 is 0 Å². The summed E-state index contributed by atoms with van der Waals surface area (Å²) in [6.07, 6.45) is -5.06. The summed E-state index contributed by atoms with van der Waals surface area (Å²) < 4.78 is 61.8. The molecule has 0 radical (unpaired) electrons. The standard InChI is InChI=1S/C9H13F3O3S/c1-3-4-5-6-7-8(9(10,11)12)15-16(2,13)14/h8H,3-5H2,1-2H3. The quantitative estimate of drug-likeness (QED) is 0.440.